The first-order valence-corrected chi connectivity index (χ1v) is 12.7. The van der Waals surface area contributed by atoms with Gasteiger partial charge in [-0.2, -0.15) is 0 Å². The molecule has 4 fully saturated rings. The fourth-order valence-electron chi connectivity index (χ4n) is 9.12. The lowest BCUT2D eigenvalue weighted by atomic mass is 9.43. The predicted octanol–water partition coefficient (Wildman–Crippen LogP) is 3.81. The molecule has 0 aliphatic heterocycles. The molecule has 0 aromatic rings. The molecule has 186 valence electrons. The zero-order valence-electron chi connectivity index (χ0n) is 20.2. The molecule has 4 aliphatic rings. The van der Waals surface area contributed by atoms with Gasteiger partial charge in [0.25, 0.3) is 12.9 Å². The van der Waals surface area contributed by atoms with Gasteiger partial charge < -0.3 is 19.7 Å². The number of aliphatic hydroxyl groups excluding tert-OH is 1. The summed E-state index contributed by atoms with van der Waals surface area (Å²) in [7, 11) is 0. The zero-order chi connectivity index (χ0) is 24.0. The minimum absolute atomic E-state index is 0.0193. The summed E-state index contributed by atoms with van der Waals surface area (Å²) in [6.45, 7) is 7.86. The van der Waals surface area contributed by atoms with Crippen LogP contribution in [0.3, 0.4) is 0 Å². The van der Waals surface area contributed by atoms with Crippen LogP contribution in [-0.4, -0.2) is 47.4 Å². The van der Waals surface area contributed by atoms with Gasteiger partial charge in [0.2, 0.25) is 0 Å². The standard InChI is InChI=1S/C26H40O7/c1-15(4-7-23(30)31)18-5-6-19-24-20(12-22(33-14-28)26(18,19)3)25(2)9-8-17(29)10-16(25)11-21(24)32-13-27/h13-22,24,29H,4-12H2,1-3H3,(H,30,31)/t15-,16-,17-,18+,19-,20+,21-,22+,24-,25-,26-/m1/s1. The first-order valence-electron chi connectivity index (χ1n) is 12.7. The maximum Gasteiger partial charge on any atom is 0.303 e. The summed E-state index contributed by atoms with van der Waals surface area (Å²) in [6, 6.07) is 0. The van der Waals surface area contributed by atoms with Crippen LogP contribution < -0.4 is 0 Å². The number of carboxylic acid groups (broad SMARTS) is 1. The second-order valence-corrected chi connectivity index (χ2v) is 11.8. The molecule has 7 nitrogen and oxygen atoms in total. The van der Waals surface area contributed by atoms with Crippen molar-refractivity contribution in [3.8, 4) is 0 Å². The highest BCUT2D eigenvalue weighted by Gasteiger charge is 2.67. The predicted molar refractivity (Wildman–Crippen MR) is 120 cm³/mol. The van der Waals surface area contributed by atoms with Gasteiger partial charge in [0.1, 0.15) is 12.2 Å². The Morgan fingerprint density at radius 1 is 1.06 bits per heavy atom. The van der Waals surface area contributed by atoms with Gasteiger partial charge in [-0.25, -0.2) is 0 Å². The van der Waals surface area contributed by atoms with E-state index in [-0.39, 0.29) is 71.1 Å². The zero-order valence-corrected chi connectivity index (χ0v) is 20.2. The highest BCUT2D eigenvalue weighted by molar-refractivity contribution is 5.66. The topological polar surface area (TPSA) is 110 Å². The minimum Gasteiger partial charge on any atom is -0.481 e. The van der Waals surface area contributed by atoms with Crippen molar-refractivity contribution in [1.82, 2.24) is 0 Å². The molecule has 0 heterocycles. The van der Waals surface area contributed by atoms with E-state index in [2.05, 4.69) is 20.8 Å². The van der Waals surface area contributed by atoms with E-state index in [1.165, 1.54) is 0 Å². The quantitative estimate of drug-likeness (QED) is 0.526. The number of fused-ring (bicyclic) bond motifs is 5. The van der Waals surface area contributed by atoms with E-state index in [0.717, 1.165) is 44.9 Å². The Morgan fingerprint density at radius 3 is 2.45 bits per heavy atom. The van der Waals surface area contributed by atoms with Gasteiger partial charge in [0.15, 0.2) is 0 Å². The molecule has 4 rings (SSSR count). The van der Waals surface area contributed by atoms with Gasteiger partial charge in [-0.15, -0.1) is 0 Å². The summed E-state index contributed by atoms with van der Waals surface area (Å²) in [4.78, 5) is 34.3. The summed E-state index contributed by atoms with van der Waals surface area (Å²) < 4.78 is 11.6. The smallest absolute Gasteiger partial charge is 0.303 e. The fraction of sp³-hybridized carbons (Fsp3) is 0.885. The Hall–Kier alpha value is -1.63. The van der Waals surface area contributed by atoms with Crippen LogP contribution in [0.4, 0.5) is 0 Å². The highest BCUT2D eigenvalue weighted by atomic mass is 16.5. The summed E-state index contributed by atoms with van der Waals surface area (Å²) in [5.41, 5.74) is -0.257. The van der Waals surface area contributed by atoms with Crippen molar-refractivity contribution >= 4 is 18.9 Å². The van der Waals surface area contributed by atoms with Crippen LogP contribution in [-0.2, 0) is 23.9 Å². The van der Waals surface area contributed by atoms with E-state index < -0.39 is 5.97 Å². The number of hydrogen-bond acceptors (Lipinski definition) is 6. The second kappa shape index (κ2) is 9.20. The number of carboxylic acids is 1. The molecule has 0 bridgehead atoms. The van der Waals surface area contributed by atoms with Crippen molar-refractivity contribution in [2.45, 2.75) is 96.9 Å². The molecule has 4 aliphatic carbocycles. The lowest BCUT2D eigenvalue weighted by Crippen LogP contribution is -2.63. The van der Waals surface area contributed by atoms with Crippen LogP contribution >= 0.6 is 0 Å². The Kier molecular flexibility index (Phi) is 6.83. The van der Waals surface area contributed by atoms with Crippen LogP contribution in [0.1, 0.15) is 78.6 Å². The van der Waals surface area contributed by atoms with Crippen molar-refractivity contribution in [2.24, 2.45) is 46.3 Å². The number of carbonyl (C=O) groups is 3. The summed E-state index contributed by atoms with van der Waals surface area (Å²) >= 11 is 0. The van der Waals surface area contributed by atoms with Crippen LogP contribution in [0.2, 0.25) is 0 Å². The van der Waals surface area contributed by atoms with Gasteiger partial charge in [0, 0.05) is 17.8 Å². The van der Waals surface area contributed by atoms with Crippen molar-refractivity contribution < 1.29 is 34.1 Å². The second-order valence-electron chi connectivity index (χ2n) is 11.8. The molecule has 0 spiro atoms. The first-order chi connectivity index (χ1) is 15.7. The minimum atomic E-state index is -0.781. The number of aliphatic hydroxyl groups is 1. The molecular formula is C26H40O7. The van der Waals surface area contributed by atoms with Gasteiger partial charge in [-0.3, -0.25) is 14.4 Å². The summed E-state index contributed by atoms with van der Waals surface area (Å²) in [5.74, 6) is 0.644. The van der Waals surface area contributed by atoms with Crippen LogP contribution in [0.15, 0.2) is 0 Å². The van der Waals surface area contributed by atoms with Crippen molar-refractivity contribution in [3.05, 3.63) is 0 Å². The maximum atomic E-state index is 11.6. The Labute approximate surface area is 196 Å². The summed E-state index contributed by atoms with van der Waals surface area (Å²) in [6.07, 6.45) is 5.92. The Bertz CT molecular complexity index is 755. The van der Waals surface area contributed by atoms with E-state index in [1.54, 1.807) is 0 Å². The first kappa shape index (κ1) is 24.5. The molecule has 0 aromatic heterocycles. The van der Waals surface area contributed by atoms with Gasteiger partial charge in [-0.05, 0) is 86.4 Å². The fourth-order valence-corrected chi connectivity index (χ4v) is 9.12. The van der Waals surface area contributed by atoms with E-state index in [1.807, 2.05) is 0 Å². The van der Waals surface area contributed by atoms with Crippen LogP contribution in [0, 0.1) is 46.3 Å². The van der Waals surface area contributed by atoms with Crippen LogP contribution in [0.25, 0.3) is 0 Å². The average molecular weight is 465 g/mol. The van der Waals surface area contributed by atoms with Gasteiger partial charge in [-0.1, -0.05) is 20.8 Å². The van der Waals surface area contributed by atoms with E-state index in [9.17, 15) is 24.6 Å². The summed E-state index contributed by atoms with van der Waals surface area (Å²) in [5, 5.41) is 19.6. The van der Waals surface area contributed by atoms with Crippen molar-refractivity contribution in [1.29, 1.82) is 0 Å². The average Bonchev–Trinajstić information content (AvgIpc) is 3.12. The maximum absolute atomic E-state index is 11.6. The lowest BCUT2D eigenvalue weighted by molar-refractivity contribution is -0.217. The normalized spacial score (nSPS) is 47.4. The Balaban J connectivity index is 1.70. The monoisotopic (exact) mass is 464 g/mol. The largest absolute Gasteiger partial charge is 0.481 e. The van der Waals surface area contributed by atoms with E-state index >= 15 is 0 Å². The van der Waals surface area contributed by atoms with Crippen molar-refractivity contribution in [3.63, 3.8) is 0 Å². The molecule has 0 unspecified atom stereocenters. The lowest BCUT2D eigenvalue weighted by Gasteiger charge is -2.64. The van der Waals surface area contributed by atoms with Crippen LogP contribution in [0.5, 0.6) is 0 Å². The van der Waals surface area contributed by atoms with Crippen molar-refractivity contribution in [2.75, 3.05) is 0 Å². The van der Waals surface area contributed by atoms with Gasteiger partial charge in [0.05, 0.1) is 6.10 Å². The molecule has 0 aromatic carbocycles. The number of hydrogen-bond donors (Lipinski definition) is 2. The third-order valence-electron chi connectivity index (χ3n) is 10.7. The number of ether oxygens (including phenoxy) is 2. The third-order valence-corrected chi connectivity index (χ3v) is 10.7. The number of aliphatic carboxylic acids is 1. The molecule has 0 amide bonds. The number of carbonyl (C=O) groups excluding carboxylic acids is 2. The van der Waals surface area contributed by atoms with E-state index in [4.69, 9.17) is 9.47 Å². The molecule has 11 atom stereocenters. The Morgan fingerprint density at radius 2 is 1.79 bits per heavy atom. The molecule has 0 radical (unpaired) electrons. The molecule has 2 N–H and O–H groups in total. The van der Waals surface area contributed by atoms with E-state index in [0.29, 0.717) is 19.4 Å². The SMILES string of the molecule is C[C@H](CCC(=O)O)[C@@H]1CC[C@@H]2[C@H]3[C@H](OC=O)C[C@H]4C[C@H](O)CC[C@@]4(C)[C@H]3C[C@H](OC=O)[C@@]21C. The molecular weight excluding hydrogens is 424 g/mol. The third kappa shape index (κ3) is 3.98. The highest BCUT2D eigenvalue weighted by Crippen LogP contribution is 2.69. The molecule has 0 saturated heterocycles. The molecule has 4 saturated carbocycles. The number of rotatable bonds is 8. The molecule has 7 heteroatoms. The molecule has 33 heavy (non-hydrogen) atoms. The van der Waals surface area contributed by atoms with Gasteiger partial charge >= 0.3 is 5.97 Å².